The largest absolute Gasteiger partial charge is 0.436 e. The first-order valence-electron chi connectivity index (χ1n) is 5.98. The van der Waals surface area contributed by atoms with Crippen molar-refractivity contribution in [3.05, 3.63) is 52.4 Å². The monoisotopic (exact) mass is 324 g/mol. The van der Waals surface area contributed by atoms with Gasteiger partial charge in [-0.15, -0.1) is 0 Å². The number of nitrogens with one attached hydrogen (secondary N) is 1. The molecule has 1 heterocycles. The van der Waals surface area contributed by atoms with E-state index in [2.05, 4.69) is 26.2 Å². The van der Waals surface area contributed by atoms with E-state index in [4.69, 9.17) is 4.74 Å². The van der Waals surface area contributed by atoms with Crippen LogP contribution in [0.3, 0.4) is 0 Å². The second-order valence-electron chi connectivity index (χ2n) is 3.92. The highest BCUT2D eigenvalue weighted by molar-refractivity contribution is 9.10. The zero-order valence-corrected chi connectivity index (χ0v) is 12.1. The van der Waals surface area contributed by atoms with Gasteiger partial charge in [0.25, 0.3) is 0 Å². The molecule has 1 aromatic carbocycles. The summed E-state index contributed by atoms with van der Waals surface area (Å²) in [6.45, 7) is 3.50. The maximum atomic E-state index is 13.7. The summed E-state index contributed by atoms with van der Waals surface area (Å²) in [5, 5.41) is 3.19. The number of hydrogen-bond donors (Lipinski definition) is 1. The summed E-state index contributed by atoms with van der Waals surface area (Å²) >= 11 is 3.21. The van der Waals surface area contributed by atoms with Gasteiger partial charge < -0.3 is 10.1 Å². The predicted octanol–water partition coefficient (Wildman–Crippen LogP) is 3.89. The third kappa shape index (κ3) is 3.75. The normalized spacial score (nSPS) is 10.5. The van der Waals surface area contributed by atoms with E-state index in [0.717, 1.165) is 12.1 Å². The molecule has 0 saturated carbocycles. The summed E-state index contributed by atoms with van der Waals surface area (Å²) in [5.41, 5.74) is 0.895. The molecule has 0 fully saturated rings. The number of ether oxygens (including phenoxy) is 1. The smallest absolute Gasteiger partial charge is 0.223 e. The van der Waals surface area contributed by atoms with Crippen molar-refractivity contribution in [2.45, 2.75) is 13.5 Å². The molecule has 1 aromatic heterocycles. The van der Waals surface area contributed by atoms with Crippen molar-refractivity contribution in [1.29, 1.82) is 0 Å². The van der Waals surface area contributed by atoms with Crippen LogP contribution in [0.25, 0.3) is 0 Å². The van der Waals surface area contributed by atoms with Gasteiger partial charge in [-0.25, -0.2) is 9.37 Å². The second-order valence-corrected chi connectivity index (χ2v) is 4.84. The number of benzene rings is 1. The Morgan fingerprint density at radius 2 is 2.21 bits per heavy atom. The van der Waals surface area contributed by atoms with Crippen molar-refractivity contribution in [3.63, 3.8) is 0 Å². The molecule has 2 rings (SSSR count). The zero-order chi connectivity index (χ0) is 13.7. The van der Waals surface area contributed by atoms with Crippen molar-refractivity contribution in [3.8, 4) is 11.6 Å². The van der Waals surface area contributed by atoms with E-state index in [1.54, 1.807) is 18.3 Å². The Bertz CT molecular complexity index is 563. The standard InChI is InChI=1S/C14H14BrFN2O/c1-2-17-9-10-4-3-7-18-14(10)19-13-6-5-11(15)8-12(13)16/h3-8,17H,2,9H2,1H3. The molecule has 0 aliphatic rings. The molecule has 1 N–H and O–H groups in total. The molecule has 5 heteroatoms. The molecule has 0 aliphatic carbocycles. The van der Waals surface area contributed by atoms with Gasteiger partial charge in [0, 0.05) is 22.8 Å². The molecule has 0 atom stereocenters. The van der Waals surface area contributed by atoms with Gasteiger partial charge in [-0.1, -0.05) is 28.9 Å². The van der Waals surface area contributed by atoms with Crippen molar-refractivity contribution < 1.29 is 9.13 Å². The van der Waals surface area contributed by atoms with Gasteiger partial charge in [0.2, 0.25) is 5.88 Å². The van der Waals surface area contributed by atoms with Crippen LogP contribution in [0.15, 0.2) is 41.0 Å². The molecule has 100 valence electrons. The molecule has 0 unspecified atom stereocenters. The summed E-state index contributed by atoms with van der Waals surface area (Å²) < 4.78 is 19.9. The van der Waals surface area contributed by atoms with Crippen LogP contribution in [-0.2, 0) is 6.54 Å². The lowest BCUT2D eigenvalue weighted by Crippen LogP contribution is -2.12. The highest BCUT2D eigenvalue weighted by Gasteiger charge is 2.09. The van der Waals surface area contributed by atoms with E-state index in [0.29, 0.717) is 16.9 Å². The van der Waals surface area contributed by atoms with E-state index < -0.39 is 5.82 Å². The lowest BCUT2D eigenvalue weighted by atomic mass is 10.2. The fourth-order valence-electron chi connectivity index (χ4n) is 1.57. The molecule has 0 amide bonds. The molecular weight excluding hydrogens is 311 g/mol. The van der Waals surface area contributed by atoms with Gasteiger partial charge in [0.15, 0.2) is 11.6 Å². The fraction of sp³-hybridized carbons (Fsp3) is 0.214. The third-order valence-electron chi connectivity index (χ3n) is 2.52. The van der Waals surface area contributed by atoms with E-state index in [1.165, 1.54) is 6.07 Å². The number of aromatic nitrogens is 1. The van der Waals surface area contributed by atoms with E-state index >= 15 is 0 Å². The third-order valence-corrected chi connectivity index (χ3v) is 3.01. The zero-order valence-electron chi connectivity index (χ0n) is 10.5. The van der Waals surface area contributed by atoms with E-state index in [9.17, 15) is 4.39 Å². The van der Waals surface area contributed by atoms with E-state index in [-0.39, 0.29) is 5.75 Å². The molecule has 0 saturated heterocycles. The summed E-state index contributed by atoms with van der Waals surface area (Å²) in [5.74, 6) is 0.166. The first-order chi connectivity index (χ1) is 9.20. The predicted molar refractivity (Wildman–Crippen MR) is 75.8 cm³/mol. The first kappa shape index (κ1) is 14.0. The fourth-order valence-corrected chi connectivity index (χ4v) is 1.91. The molecular formula is C14H14BrFN2O. The topological polar surface area (TPSA) is 34.2 Å². The Kier molecular flexibility index (Phi) is 4.87. The van der Waals surface area contributed by atoms with Crippen LogP contribution < -0.4 is 10.1 Å². The number of pyridine rings is 1. The van der Waals surface area contributed by atoms with Crippen molar-refractivity contribution >= 4 is 15.9 Å². The Morgan fingerprint density at radius 1 is 1.37 bits per heavy atom. The van der Waals surface area contributed by atoms with Gasteiger partial charge in [0.1, 0.15) is 0 Å². The average molecular weight is 325 g/mol. The highest BCUT2D eigenvalue weighted by atomic mass is 79.9. The van der Waals surface area contributed by atoms with Crippen LogP contribution in [0, 0.1) is 5.82 Å². The summed E-state index contributed by atoms with van der Waals surface area (Å²) in [4.78, 5) is 4.15. The van der Waals surface area contributed by atoms with Crippen LogP contribution in [-0.4, -0.2) is 11.5 Å². The first-order valence-corrected chi connectivity index (χ1v) is 6.77. The van der Waals surface area contributed by atoms with Crippen LogP contribution in [0.4, 0.5) is 4.39 Å². The molecule has 2 aromatic rings. The summed E-state index contributed by atoms with van der Waals surface area (Å²) in [6.07, 6.45) is 1.63. The number of nitrogens with zero attached hydrogens (tertiary/aromatic N) is 1. The quantitative estimate of drug-likeness (QED) is 0.906. The van der Waals surface area contributed by atoms with Gasteiger partial charge >= 0.3 is 0 Å². The molecule has 0 bridgehead atoms. The van der Waals surface area contributed by atoms with Crippen molar-refractivity contribution in [1.82, 2.24) is 10.3 Å². The lowest BCUT2D eigenvalue weighted by molar-refractivity contribution is 0.420. The van der Waals surface area contributed by atoms with Gasteiger partial charge in [-0.3, -0.25) is 0 Å². The summed E-state index contributed by atoms with van der Waals surface area (Å²) in [7, 11) is 0. The molecule has 19 heavy (non-hydrogen) atoms. The minimum atomic E-state index is -0.422. The van der Waals surface area contributed by atoms with Gasteiger partial charge in [-0.2, -0.15) is 0 Å². The number of rotatable bonds is 5. The lowest BCUT2D eigenvalue weighted by Gasteiger charge is -2.10. The maximum Gasteiger partial charge on any atom is 0.223 e. The minimum Gasteiger partial charge on any atom is -0.436 e. The van der Waals surface area contributed by atoms with Crippen LogP contribution in [0.2, 0.25) is 0 Å². The molecule has 0 radical (unpaired) electrons. The Morgan fingerprint density at radius 3 is 2.95 bits per heavy atom. The molecule has 3 nitrogen and oxygen atoms in total. The van der Waals surface area contributed by atoms with Crippen LogP contribution >= 0.6 is 15.9 Å². The summed E-state index contributed by atoms with van der Waals surface area (Å²) in [6, 6.07) is 8.40. The minimum absolute atomic E-state index is 0.166. The Balaban J connectivity index is 2.22. The highest BCUT2D eigenvalue weighted by Crippen LogP contribution is 2.27. The number of hydrogen-bond acceptors (Lipinski definition) is 3. The number of halogens is 2. The molecule has 0 spiro atoms. The molecule has 0 aliphatic heterocycles. The van der Waals surface area contributed by atoms with Gasteiger partial charge in [-0.05, 0) is 30.8 Å². The van der Waals surface area contributed by atoms with Crippen LogP contribution in [0.5, 0.6) is 11.6 Å². The maximum absolute atomic E-state index is 13.7. The Labute approximate surface area is 119 Å². The Hall–Kier alpha value is -1.46. The van der Waals surface area contributed by atoms with Crippen molar-refractivity contribution in [2.75, 3.05) is 6.54 Å². The average Bonchev–Trinajstić information content (AvgIpc) is 2.41. The van der Waals surface area contributed by atoms with E-state index in [1.807, 2.05) is 19.1 Å². The van der Waals surface area contributed by atoms with Crippen molar-refractivity contribution in [2.24, 2.45) is 0 Å². The van der Waals surface area contributed by atoms with Gasteiger partial charge in [0.05, 0.1) is 0 Å². The second kappa shape index (κ2) is 6.63. The SMILES string of the molecule is CCNCc1cccnc1Oc1ccc(Br)cc1F. The van der Waals surface area contributed by atoms with Crippen LogP contribution in [0.1, 0.15) is 12.5 Å².